The summed E-state index contributed by atoms with van der Waals surface area (Å²) in [5.41, 5.74) is 0.412. The van der Waals surface area contributed by atoms with Crippen molar-refractivity contribution in [2.75, 3.05) is 18.2 Å². The van der Waals surface area contributed by atoms with Crippen LogP contribution in [-0.4, -0.2) is 33.1 Å². The lowest BCUT2D eigenvalue weighted by Gasteiger charge is -2.05. The second-order valence-corrected chi connectivity index (χ2v) is 7.07. The quantitative estimate of drug-likeness (QED) is 0.647. The number of amides is 1. The number of hydrogen-bond acceptors (Lipinski definition) is 6. The van der Waals surface area contributed by atoms with Crippen molar-refractivity contribution >= 4 is 22.4 Å². The van der Waals surface area contributed by atoms with E-state index >= 15 is 0 Å². The first-order chi connectivity index (χ1) is 13.5. The maximum atomic E-state index is 13.5. The number of anilines is 1. The van der Waals surface area contributed by atoms with Crippen LogP contribution in [0.4, 0.5) is 14.5 Å². The Labute approximate surface area is 161 Å². The third kappa shape index (κ3) is 4.77. The van der Waals surface area contributed by atoms with Gasteiger partial charge in [0.15, 0.2) is 0 Å². The molecule has 146 valence electrons. The molecule has 1 heterocycles. The van der Waals surface area contributed by atoms with Gasteiger partial charge in [0.25, 0.3) is 0 Å². The second-order valence-electron chi connectivity index (χ2n) is 5.61. The molecule has 3 rings (SSSR count). The number of nitrogens with one attached hydrogen (secondary N) is 1. The second kappa shape index (κ2) is 8.70. The molecule has 10 heteroatoms. The molecular formula is C18H15F2N3O4S. The Morgan fingerprint density at radius 2 is 2.04 bits per heavy atom. The minimum atomic E-state index is -1.67. The summed E-state index contributed by atoms with van der Waals surface area (Å²) in [4.78, 5) is 16.1. The largest absolute Gasteiger partial charge is 0.496 e. The monoisotopic (exact) mass is 407 g/mol. The van der Waals surface area contributed by atoms with Crippen LogP contribution in [0.1, 0.15) is 5.89 Å². The fourth-order valence-electron chi connectivity index (χ4n) is 2.36. The van der Waals surface area contributed by atoms with Gasteiger partial charge in [0.1, 0.15) is 28.9 Å². The third-order valence-electron chi connectivity index (χ3n) is 3.60. The number of aromatic nitrogens is 2. The molecule has 1 aromatic heterocycles. The summed E-state index contributed by atoms with van der Waals surface area (Å²) in [6.45, 7) is 0. The van der Waals surface area contributed by atoms with E-state index in [4.69, 9.17) is 9.26 Å². The van der Waals surface area contributed by atoms with Gasteiger partial charge >= 0.3 is 0 Å². The number of benzene rings is 2. The smallest absolute Gasteiger partial charge is 0.239 e. The molecule has 0 aliphatic rings. The van der Waals surface area contributed by atoms with Crippen LogP contribution in [0.15, 0.2) is 47.0 Å². The molecule has 0 radical (unpaired) electrons. The van der Waals surface area contributed by atoms with E-state index in [2.05, 4.69) is 15.5 Å². The predicted octanol–water partition coefficient (Wildman–Crippen LogP) is 2.91. The van der Waals surface area contributed by atoms with Gasteiger partial charge in [0.2, 0.25) is 17.6 Å². The Kier molecular flexibility index (Phi) is 6.09. The molecule has 1 amide bonds. The van der Waals surface area contributed by atoms with Gasteiger partial charge in [-0.25, -0.2) is 8.78 Å². The van der Waals surface area contributed by atoms with Gasteiger partial charge in [-0.15, -0.1) is 0 Å². The number of nitrogens with zero attached hydrogens (tertiary/aromatic N) is 2. The van der Waals surface area contributed by atoms with Crippen LogP contribution < -0.4 is 10.1 Å². The summed E-state index contributed by atoms with van der Waals surface area (Å²) in [6, 6.07) is 9.80. The molecule has 28 heavy (non-hydrogen) atoms. The van der Waals surface area contributed by atoms with Gasteiger partial charge in [0, 0.05) is 16.9 Å². The Morgan fingerprint density at radius 1 is 1.25 bits per heavy atom. The van der Waals surface area contributed by atoms with Gasteiger partial charge in [-0.1, -0.05) is 17.3 Å². The summed E-state index contributed by atoms with van der Waals surface area (Å²) < 4.78 is 48.9. The van der Waals surface area contributed by atoms with Gasteiger partial charge in [-0.05, 0) is 24.3 Å². The van der Waals surface area contributed by atoms with E-state index in [0.29, 0.717) is 17.4 Å². The van der Waals surface area contributed by atoms with Crippen molar-refractivity contribution in [1.82, 2.24) is 10.1 Å². The molecule has 0 bridgehead atoms. The van der Waals surface area contributed by atoms with Crippen LogP contribution in [-0.2, 0) is 21.3 Å². The van der Waals surface area contributed by atoms with Crippen LogP contribution in [0.25, 0.3) is 11.4 Å². The van der Waals surface area contributed by atoms with Gasteiger partial charge < -0.3 is 14.6 Å². The minimum Gasteiger partial charge on any atom is -0.496 e. The van der Waals surface area contributed by atoms with Crippen LogP contribution in [0.5, 0.6) is 5.75 Å². The summed E-state index contributed by atoms with van der Waals surface area (Å²) in [7, 11) is -0.161. The maximum Gasteiger partial charge on any atom is 0.239 e. The number of hydrogen-bond donors (Lipinski definition) is 1. The average Bonchev–Trinajstić information content (AvgIpc) is 3.12. The molecule has 1 N–H and O–H groups in total. The van der Waals surface area contributed by atoms with E-state index in [1.54, 1.807) is 24.3 Å². The van der Waals surface area contributed by atoms with E-state index in [-0.39, 0.29) is 23.2 Å². The fraction of sp³-hybridized carbons (Fsp3) is 0.167. The number of halogens is 2. The highest BCUT2D eigenvalue weighted by atomic mass is 32.2. The molecule has 7 nitrogen and oxygen atoms in total. The summed E-state index contributed by atoms with van der Waals surface area (Å²) in [5, 5.41) is 6.07. The highest BCUT2D eigenvalue weighted by molar-refractivity contribution is 7.84. The lowest BCUT2D eigenvalue weighted by atomic mass is 10.2. The Balaban J connectivity index is 1.61. The van der Waals surface area contributed by atoms with E-state index in [1.165, 1.54) is 7.11 Å². The molecule has 0 aliphatic carbocycles. The number of para-hydroxylation sites is 1. The minimum absolute atomic E-state index is 0.0833. The van der Waals surface area contributed by atoms with E-state index in [1.807, 2.05) is 0 Å². The first-order valence-corrected chi connectivity index (χ1v) is 9.51. The van der Waals surface area contributed by atoms with E-state index in [9.17, 15) is 17.8 Å². The van der Waals surface area contributed by atoms with E-state index < -0.39 is 34.1 Å². The molecule has 3 aromatic rings. The molecule has 1 atom stereocenters. The maximum absolute atomic E-state index is 13.5. The average molecular weight is 407 g/mol. The highest BCUT2D eigenvalue weighted by Gasteiger charge is 2.17. The van der Waals surface area contributed by atoms with Crippen LogP contribution in [0.3, 0.4) is 0 Å². The predicted molar refractivity (Wildman–Crippen MR) is 98.0 cm³/mol. The van der Waals surface area contributed by atoms with Crippen LogP contribution in [0.2, 0.25) is 0 Å². The number of rotatable bonds is 7. The van der Waals surface area contributed by atoms with Crippen molar-refractivity contribution in [3.8, 4) is 17.1 Å². The molecule has 0 aliphatic heterocycles. The van der Waals surface area contributed by atoms with Gasteiger partial charge in [-0.2, -0.15) is 4.98 Å². The number of ether oxygens (including phenoxy) is 1. The standard InChI is InChI=1S/C18H15F2N3O4S/c1-26-15-5-3-2-4-12(15)18-22-17(27-23-18)10-28(25)9-16(24)21-14-7-6-11(19)8-13(14)20/h2-8H,9-10H2,1H3,(H,21,24). The molecule has 2 aromatic carbocycles. The number of methoxy groups -OCH3 is 1. The topological polar surface area (TPSA) is 94.3 Å². The van der Waals surface area contributed by atoms with Crippen molar-refractivity contribution < 1.29 is 27.0 Å². The van der Waals surface area contributed by atoms with Crippen molar-refractivity contribution in [3.63, 3.8) is 0 Å². The van der Waals surface area contributed by atoms with Gasteiger partial charge in [0.05, 0.1) is 18.4 Å². The van der Waals surface area contributed by atoms with Crippen molar-refractivity contribution in [2.45, 2.75) is 5.75 Å². The Morgan fingerprint density at radius 3 is 2.79 bits per heavy atom. The number of carbonyl (C=O) groups is 1. The van der Waals surface area contributed by atoms with Crippen molar-refractivity contribution in [3.05, 3.63) is 60.0 Å². The zero-order valence-corrected chi connectivity index (χ0v) is 15.5. The van der Waals surface area contributed by atoms with E-state index in [0.717, 1.165) is 12.1 Å². The highest BCUT2D eigenvalue weighted by Crippen LogP contribution is 2.27. The van der Waals surface area contributed by atoms with Crippen molar-refractivity contribution in [2.24, 2.45) is 0 Å². The zero-order chi connectivity index (χ0) is 20.1. The van der Waals surface area contributed by atoms with Gasteiger partial charge in [-0.3, -0.25) is 9.00 Å². The first-order valence-electron chi connectivity index (χ1n) is 8.02. The molecule has 0 saturated heterocycles. The normalized spacial score (nSPS) is 11.8. The summed E-state index contributed by atoms with van der Waals surface area (Å²) >= 11 is 0. The Bertz CT molecular complexity index is 1030. The fourth-order valence-corrected chi connectivity index (χ4v) is 3.22. The lowest BCUT2D eigenvalue weighted by molar-refractivity contribution is -0.113. The first kappa shape index (κ1) is 19.6. The molecule has 0 saturated carbocycles. The third-order valence-corrected chi connectivity index (χ3v) is 4.75. The Hall–Kier alpha value is -3.14. The van der Waals surface area contributed by atoms with Crippen LogP contribution in [0, 0.1) is 11.6 Å². The zero-order valence-electron chi connectivity index (χ0n) is 14.6. The molecule has 0 spiro atoms. The summed E-state index contributed by atoms with van der Waals surface area (Å²) in [5.74, 6) is -2.03. The van der Waals surface area contributed by atoms with Crippen molar-refractivity contribution in [1.29, 1.82) is 0 Å². The molecule has 0 fully saturated rings. The lowest BCUT2D eigenvalue weighted by Crippen LogP contribution is -2.21. The number of carbonyl (C=O) groups excluding carboxylic acids is 1. The molecular weight excluding hydrogens is 392 g/mol. The van der Waals surface area contributed by atoms with Crippen LogP contribution >= 0.6 is 0 Å². The summed E-state index contributed by atoms with van der Waals surface area (Å²) in [6.07, 6.45) is 0. The molecule has 1 unspecified atom stereocenters. The SMILES string of the molecule is COc1ccccc1-c1noc(CS(=O)CC(=O)Nc2ccc(F)cc2F)n1.